The molecule has 1 amide bonds. The first-order valence-electron chi connectivity index (χ1n) is 6.82. The van der Waals surface area contributed by atoms with Crippen LogP contribution in [0, 0.1) is 0 Å². The summed E-state index contributed by atoms with van der Waals surface area (Å²) in [6.45, 7) is 0. The van der Waals surface area contributed by atoms with Crippen LogP contribution in [-0.4, -0.2) is 14.3 Å². The smallest absolute Gasteiger partial charge is 0.264 e. The van der Waals surface area contributed by atoms with Crippen molar-refractivity contribution in [2.24, 2.45) is 0 Å². The average molecular weight is 382 g/mol. The van der Waals surface area contributed by atoms with E-state index >= 15 is 0 Å². The Hall–Kier alpha value is -1.66. The fourth-order valence-corrected chi connectivity index (χ4v) is 3.25. The van der Waals surface area contributed by atoms with Crippen LogP contribution in [0.25, 0.3) is 0 Å². The van der Waals surface area contributed by atoms with Gasteiger partial charge in [0.05, 0.1) is 4.90 Å². The standard InChI is InChI=1S/C16H16BrNO3S/c17-14-9-11-15(12-10-14)22(20,21)18-16(19)8-4-7-13-5-2-1-3-6-13/h1-3,5-6,9-12H,4,7-8H2,(H,18,19). The molecule has 116 valence electrons. The highest BCUT2D eigenvalue weighted by atomic mass is 79.9. The maximum Gasteiger partial charge on any atom is 0.264 e. The monoisotopic (exact) mass is 381 g/mol. The van der Waals surface area contributed by atoms with Crippen LogP contribution in [0.3, 0.4) is 0 Å². The molecule has 22 heavy (non-hydrogen) atoms. The van der Waals surface area contributed by atoms with Crippen molar-refractivity contribution in [3.05, 3.63) is 64.6 Å². The van der Waals surface area contributed by atoms with Gasteiger partial charge in [0.15, 0.2) is 0 Å². The lowest BCUT2D eigenvalue weighted by Gasteiger charge is -2.07. The van der Waals surface area contributed by atoms with Gasteiger partial charge >= 0.3 is 0 Å². The fourth-order valence-electron chi connectivity index (χ4n) is 1.97. The van der Waals surface area contributed by atoms with Crippen molar-refractivity contribution >= 4 is 31.9 Å². The molecule has 2 aromatic rings. The van der Waals surface area contributed by atoms with Gasteiger partial charge in [-0.1, -0.05) is 46.3 Å². The Morgan fingerprint density at radius 1 is 1.00 bits per heavy atom. The number of hydrogen-bond donors (Lipinski definition) is 1. The van der Waals surface area contributed by atoms with Crippen LogP contribution in [0.2, 0.25) is 0 Å². The highest BCUT2D eigenvalue weighted by Gasteiger charge is 2.16. The van der Waals surface area contributed by atoms with Gasteiger partial charge in [-0.25, -0.2) is 13.1 Å². The van der Waals surface area contributed by atoms with Crippen molar-refractivity contribution in [1.29, 1.82) is 0 Å². The van der Waals surface area contributed by atoms with Crippen molar-refractivity contribution < 1.29 is 13.2 Å². The first-order valence-corrected chi connectivity index (χ1v) is 9.10. The molecule has 6 heteroatoms. The number of halogens is 1. The summed E-state index contributed by atoms with van der Waals surface area (Å²) in [5, 5.41) is 0. The number of rotatable bonds is 6. The first kappa shape index (κ1) is 16.7. The highest BCUT2D eigenvalue weighted by Crippen LogP contribution is 2.14. The molecule has 0 aromatic heterocycles. The van der Waals surface area contributed by atoms with Crippen LogP contribution >= 0.6 is 15.9 Å². The number of aryl methyl sites for hydroxylation is 1. The zero-order valence-corrected chi connectivity index (χ0v) is 14.2. The Morgan fingerprint density at radius 3 is 2.27 bits per heavy atom. The summed E-state index contributed by atoms with van der Waals surface area (Å²) < 4.78 is 27.0. The second kappa shape index (κ2) is 7.56. The van der Waals surface area contributed by atoms with Gasteiger partial charge in [0.25, 0.3) is 10.0 Å². The van der Waals surface area contributed by atoms with Crippen LogP contribution < -0.4 is 4.72 Å². The summed E-state index contributed by atoms with van der Waals surface area (Å²) in [5.74, 6) is -0.487. The lowest BCUT2D eigenvalue weighted by molar-refractivity contribution is -0.119. The number of sulfonamides is 1. The number of amides is 1. The van der Waals surface area contributed by atoms with Crippen molar-refractivity contribution in [3.63, 3.8) is 0 Å². The number of benzene rings is 2. The molecule has 0 aliphatic rings. The van der Waals surface area contributed by atoms with Crippen LogP contribution in [-0.2, 0) is 21.2 Å². The van der Waals surface area contributed by atoms with Crippen LogP contribution in [0.15, 0.2) is 64.0 Å². The van der Waals surface area contributed by atoms with Crippen LogP contribution in [0.4, 0.5) is 0 Å². The molecular formula is C16H16BrNO3S. The fraction of sp³-hybridized carbons (Fsp3) is 0.188. The van der Waals surface area contributed by atoms with E-state index in [1.807, 2.05) is 30.3 Å². The third-order valence-corrected chi connectivity index (χ3v) is 5.00. The van der Waals surface area contributed by atoms with Crippen molar-refractivity contribution in [2.45, 2.75) is 24.2 Å². The summed E-state index contributed by atoms with van der Waals surface area (Å²) in [5.41, 5.74) is 1.13. The largest absolute Gasteiger partial charge is 0.274 e. The molecule has 0 unspecified atom stereocenters. The minimum atomic E-state index is -3.79. The van der Waals surface area contributed by atoms with Gasteiger partial charge in [0.2, 0.25) is 5.91 Å². The Morgan fingerprint density at radius 2 is 1.64 bits per heavy atom. The van der Waals surface area contributed by atoms with Gasteiger partial charge < -0.3 is 0 Å². The minimum Gasteiger partial charge on any atom is -0.274 e. The van der Waals surface area contributed by atoms with Gasteiger partial charge in [-0.15, -0.1) is 0 Å². The van der Waals surface area contributed by atoms with E-state index in [4.69, 9.17) is 0 Å². The van der Waals surface area contributed by atoms with Gasteiger partial charge in [-0.05, 0) is 42.7 Å². The molecule has 0 saturated heterocycles. The lowest BCUT2D eigenvalue weighted by Crippen LogP contribution is -2.30. The van der Waals surface area contributed by atoms with E-state index in [0.717, 1.165) is 16.5 Å². The molecule has 0 aliphatic carbocycles. The van der Waals surface area contributed by atoms with E-state index < -0.39 is 15.9 Å². The molecule has 0 radical (unpaired) electrons. The second-order valence-electron chi connectivity index (χ2n) is 4.82. The summed E-state index contributed by atoms with van der Waals surface area (Å²) in [6.07, 6.45) is 1.52. The van der Waals surface area contributed by atoms with Crippen LogP contribution in [0.1, 0.15) is 18.4 Å². The molecule has 0 bridgehead atoms. The molecule has 0 atom stereocenters. The Kier molecular flexibility index (Phi) is 5.74. The minimum absolute atomic E-state index is 0.0760. The van der Waals surface area contributed by atoms with Gasteiger partial charge in [0, 0.05) is 10.9 Å². The van der Waals surface area contributed by atoms with Crippen molar-refractivity contribution in [2.75, 3.05) is 0 Å². The molecule has 0 heterocycles. The predicted octanol–water partition coefficient (Wildman–Crippen LogP) is 3.28. The second-order valence-corrected chi connectivity index (χ2v) is 7.42. The third-order valence-electron chi connectivity index (χ3n) is 3.08. The van der Waals surface area contributed by atoms with Gasteiger partial charge in [0.1, 0.15) is 0 Å². The Labute approximate surface area is 138 Å². The normalized spacial score (nSPS) is 11.1. The zero-order chi connectivity index (χ0) is 16.0. The van der Waals surface area contributed by atoms with E-state index in [1.54, 1.807) is 12.1 Å². The summed E-state index contributed by atoms with van der Waals surface area (Å²) in [6, 6.07) is 15.9. The molecular weight excluding hydrogens is 366 g/mol. The SMILES string of the molecule is O=C(CCCc1ccccc1)NS(=O)(=O)c1ccc(Br)cc1. The number of nitrogens with one attached hydrogen (secondary N) is 1. The summed E-state index contributed by atoms with van der Waals surface area (Å²) >= 11 is 3.24. The van der Waals surface area contributed by atoms with E-state index in [9.17, 15) is 13.2 Å². The maximum absolute atomic E-state index is 12.0. The molecule has 1 N–H and O–H groups in total. The van der Waals surface area contributed by atoms with Crippen molar-refractivity contribution in [3.8, 4) is 0 Å². The zero-order valence-electron chi connectivity index (χ0n) is 11.8. The van der Waals surface area contributed by atoms with Gasteiger partial charge in [-0.3, -0.25) is 4.79 Å². The summed E-state index contributed by atoms with van der Waals surface area (Å²) in [7, 11) is -3.79. The number of carbonyl (C=O) groups is 1. The topological polar surface area (TPSA) is 63.2 Å². The van der Waals surface area contributed by atoms with Gasteiger partial charge in [-0.2, -0.15) is 0 Å². The molecule has 0 saturated carbocycles. The molecule has 4 nitrogen and oxygen atoms in total. The first-order chi connectivity index (χ1) is 10.5. The summed E-state index contributed by atoms with van der Waals surface area (Å²) in [4.78, 5) is 11.9. The molecule has 0 spiro atoms. The lowest BCUT2D eigenvalue weighted by atomic mass is 10.1. The molecule has 0 aliphatic heterocycles. The molecule has 0 fully saturated rings. The molecule has 2 aromatic carbocycles. The number of hydrogen-bond acceptors (Lipinski definition) is 3. The quantitative estimate of drug-likeness (QED) is 0.834. The van der Waals surface area contributed by atoms with E-state index in [2.05, 4.69) is 20.7 Å². The van der Waals surface area contributed by atoms with Crippen LogP contribution in [0.5, 0.6) is 0 Å². The molecule has 2 rings (SSSR count). The van der Waals surface area contributed by atoms with E-state index in [-0.39, 0.29) is 11.3 Å². The van der Waals surface area contributed by atoms with E-state index in [0.29, 0.717) is 6.42 Å². The predicted molar refractivity (Wildman–Crippen MR) is 88.9 cm³/mol. The van der Waals surface area contributed by atoms with E-state index in [1.165, 1.54) is 12.1 Å². The Bertz CT molecular complexity index is 728. The van der Waals surface area contributed by atoms with Crippen molar-refractivity contribution in [1.82, 2.24) is 4.72 Å². The Balaban J connectivity index is 1.87. The number of carbonyl (C=O) groups excluding carboxylic acids is 1. The highest BCUT2D eigenvalue weighted by molar-refractivity contribution is 9.10. The average Bonchev–Trinajstić information content (AvgIpc) is 2.48. The third kappa shape index (κ3) is 4.96. The maximum atomic E-state index is 12.0.